The minimum Gasteiger partial charge on any atom is -0.477 e. The molecule has 1 aromatic carbocycles. The van der Waals surface area contributed by atoms with Crippen LogP contribution in [-0.2, 0) is 30.2 Å². The van der Waals surface area contributed by atoms with Gasteiger partial charge in [0.05, 0.1) is 6.61 Å². The monoisotopic (exact) mass is 583 g/mol. The van der Waals surface area contributed by atoms with Gasteiger partial charge in [-0.2, -0.15) is 0 Å². The smallest absolute Gasteiger partial charge is 0.477 e. The molecule has 0 saturated heterocycles. The third-order valence-corrected chi connectivity index (χ3v) is 6.13. The maximum Gasteiger partial charge on any atom is 0.514 e. The molecule has 1 aromatic rings. The van der Waals surface area contributed by atoms with E-state index in [0.717, 1.165) is 6.42 Å². The van der Waals surface area contributed by atoms with E-state index < -0.39 is 54.8 Å². The second-order valence-corrected chi connectivity index (χ2v) is 10.8. The summed E-state index contributed by atoms with van der Waals surface area (Å²) in [5.74, 6) is -1.84. The lowest BCUT2D eigenvalue weighted by molar-refractivity contribution is -0.166. The Hall–Kier alpha value is -3.54. The van der Waals surface area contributed by atoms with Crippen LogP contribution in [0.5, 0.6) is 11.5 Å². The summed E-state index contributed by atoms with van der Waals surface area (Å²) in [6, 6.07) is 3.63. The van der Waals surface area contributed by atoms with Crippen LogP contribution in [0.4, 0.5) is 14.4 Å². The number of nitrogens with one attached hydrogen (secondary N) is 1. The van der Waals surface area contributed by atoms with Gasteiger partial charge in [-0.25, -0.2) is 19.2 Å². The van der Waals surface area contributed by atoms with E-state index in [2.05, 4.69) is 5.32 Å². The summed E-state index contributed by atoms with van der Waals surface area (Å²) in [7, 11) is 0. The molecule has 2 unspecified atom stereocenters. The predicted octanol–water partition coefficient (Wildman–Crippen LogP) is 6.08. The summed E-state index contributed by atoms with van der Waals surface area (Å²) in [4.78, 5) is 49.8. The molecule has 0 bridgehead atoms. The zero-order valence-corrected chi connectivity index (χ0v) is 25.5. The van der Waals surface area contributed by atoms with Gasteiger partial charge in [-0.15, -0.1) is 0 Å². The van der Waals surface area contributed by atoms with E-state index in [0.29, 0.717) is 6.42 Å². The van der Waals surface area contributed by atoms with Crippen LogP contribution in [0.15, 0.2) is 18.2 Å². The molecule has 0 spiro atoms. The second-order valence-electron chi connectivity index (χ2n) is 10.8. The first-order valence-corrected chi connectivity index (χ1v) is 13.9. The lowest BCUT2D eigenvalue weighted by atomic mass is 10.0. The van der Waals surface area contributed by atoms with Gasteiger partial charge < -0.3 is 33.5 Å². The summed E-state index contributed by atoms with van der Waals surface area (Å²) < 4.78 is 31.5. The van der Waals surface area contributed by atoms with E-state index in [9.17, 15) is 24.3 Å². The van der Waals surface area contributed by atoms with Crippen molar-refractivity contribution in [3.63, 3.8) is 0 Å². The van der Waals surface area contributed by atoms with Crippen LogP contribution in [-0.4, -0.2) is 60.1 Å². The zero-order valence-electron chi connectivity index (χ0n) is 25.5. The minimum atomic E-state index is -2.23. The fourth-order valence-electron chi connectivity index (χ4n) is 3.15. The fourth-order valence-corrected chi connectivity index (χ4v) is 3.15. The van der Waals surface area contributed by atoms with Crippen molar-refractivity contribution in [2.24, 2.45) is 11.8 Å². The molecule has 0 radical (unpaired) electrons. The molecule has 12 nitrogen and oxygen atoms in total. The lowest BCUT2D eigenvalue weighted by Crippen LogP contribution is -2.59. The molecule has 0 aromatic heterocycles. The number of carboxylic acids is 1. The number of aliphatic carboxylic acids is 1. The first-order valence-electron chi connectivity index (χ1n) is 13.9. The quantitative estimate of drug-likeness (QED) is 0.0807. The van der Waals surface area contributed by atoms with Gasteiger partial charge in [0.1, 0.15) is 12.2 Å². The molecule has 0 aliphatic carbocycles. The number of benzene rings is 1. The molecular weight excluding hydrogens is 538 g/mol. The summed E-state index contributed by atoms with van der Waals surface area (Å²) in [6.07, 6.45) is -3.21. The highest BCUT2D eigenvalue weighted by Crippen LogP contribution is 2.32. The van der Waals surface area contributed by atoms with Gasteiger partial charge in [-0.3, -0.25) is 5.32 Å². The van der Waals surface area contributed by atoms with Gasteiger partial charge in [-0.1, -0.05) is 47.1 Å². The highest BCUT2D eigenvalue weighted by atomic mass is 16.8. The molecule has 0 fully saturated rings. The average molecular weight is 584 g/mol. The van der Waals surface area contributed by atoms with Crippen LogP contribution in [0.3, 0.4) is 0 Å². The maximum atomic E-state index is 12.5. The number of carbonyl (C=O) groups is 4. The second kappa shape index (κ2) is 16.7. The van der Waals surface area contributed by atoms with Gasteiger partial charge in [0.25, 0.3) is 5.72 Å². The topological polar surface area (TPSA) is 156 Å². The van der Waals surface area contributed by atoms with Crippen LogP contribution < -0.4 is 14.8 Å². The highest BCUT2D eigenvalue weighted by Gasteiger charge is 2.44. The van der Waals surface area contributed by atoms with Gasteiger partial charge in [0.15, 0.2) is 11.5 Å². The van der Waals surface area contributed by atoms with Crippen LogP contribution in [0.25, 0.3) is 0 Å². The molecule has 3 atom stereocenters. The Kier molecular flexibility index (Phi) is 14.4. The van der Waals surface area contributed by atoms with E-state index in [4.69, 9.17) is 28.4 Å². The number of rotatable bonds is 15. The van der Waals surface area contributed by atoms with Crippen LogP contribution in [0.2, 0.25) is 0 Å². The molecule has 0 amide bonds. The Bertz CT molecular complexity index is 1020. The van der Waals surface area contributed by atoms with Crippen molar-refractivity contribution < 1.29 is 52.7 Å². The summed E-state index contributed by atoms with van der Waals surface area (Å²) in [6.45, 7) is 16.2. The molecule has 0 aliphatic heterocycles. The Morgan fingerprint density at radius 1 is 0.829 bits per heavy atom. The summed E-state index contributed by atoms with van der Waals surface area (Å²) in [5, 5.41) is 12.9. The van der Waals surface area contributed by atoms with Gasteiger partial charge >= 0.3 is 24.4 Å². The number of hydrogen-bond acceptors (Lipinski definition) is 11. The van der Waals surface area contributed by atoms with E-state index >= 15 is 0 Å². The van der Waals surface area contributed by atoms with Gasteiger partial charge in [0.2, 0.25) is 0 Å². The first kappa shape index (κ1) is 35.5. The SMILES string of the molecule is CCCCOC(=O)O[C@](Cc1ccc(OC(=O)OC(C)C(C)C)c(OC(=O)OC(C)C(C)C)c1)(NC(C)C)C(=O)O. The van der Waals surface area contributed by atoms with Crippen molar-refractivity contribution in [1.82, 2.24) is 5.32 Å². The van der Waals surface area contributed by atoms with Crippen LogP contribution in [0.1, 0.15) is 80.7 Å². The third kappa shape index (κ3) is 12.2. The Balaban J connectivity index is 3.41. The molecule has 12 heteroatoms. The molecule has 0 saturated carbocycles. The summed E-state index contributed by atoms with van der Waals surface area (Å²) >= 11 is 0. The number of ether oxygens (including phenoxy) is 6. The van der Waals surface area contributed by atoms with Crippen molar-refractivity contribution in [2.45, 2.75) is 106 Å². The van der Waals surface area contributed by atoms with Crippen molar-refractivity contribution in [1.29, 1.82) is 0 Å². The molecule has 232 valence electrons. The zero-order chi connectivity index (χ0) is 31.3. The number of hydrogen-bond donors (Lipinski definition) is 2. The number of carboxylic acid groups (broad SMARTS) is 1. The Labute approximate surface area is 241 Å². The van der Waals surface area contributed by atoms with E-state index in [1.165, 1.54) is 18.2 Å². The molecule has 41 heavy (non-hydrogen) atoms. The van der Waals surface area contributed by atoms with Crippen molar-refractivity contribution in [3.05, 3.63) is 23.8 Å². The van der Waals surface area contributed by atoms with Crippen molar-refractivity contribution >= 4 is 24.4 Å². The molecular formula is C29H45NO11. The maximum absolute atomic E-state index is 12.5. The third-order valence-electron chi connectivity index (χ3n) is 6.13. The minimum absolute atomic E-state index is 0.00428. The Morgan fingerprint density at radius 2 is 1.37 bits per heavy atom. The van der Waals surface area contributed by atoms with E-state index in [1.54, 1.807) is 27.7 Å². The summed E-state index contributed by atoms with van der Waals surface area (Å²) in [5.41, 5.74) is -1.96. The van der Waals surface area contributed by atoms with Crippen LogP contribution >= 0.6 is 0 Å². The predicted molar refractivity (Wildman–Crippen MR) is 149 cm³/mol. The van der Waals surface area contributed by atoms with Crippen LogP contribution in [0, 0.1) is 11.8 Å². The largest absolute Gasteiger partial charge is 0.514 e. The number of unbranched alkanes of at least 4 members (excludes halogenated alkanes) is 1. The first-order chi connectivity index (χ1) is 19.1. The molecule has 2 N–H and O–H groups in total. The van der Waals surface area contributed by atoms with Crippen molar-refractivity contribution in [2.75, 3.05) is 6.61 Å². The highest BCUT2D eigenvalue weighted by molar-refractivity contribution is 5.80. The average Bonchev–Trinajstić information content (AvgIpc) is 2.84. The molecule has 1 rings (SSSR count). The fraction of sp³-hybridized carbons (Fsp3) is 0.655. The van der Waals surface area contributed by atoms with E-state index in [-0.39, 0.29) is 35.5 Å². The van der Waals surface area contributed by atoms with Gasteiger partial charge in [0, 0.05) is 12.5 Å². The van der Waals surface area contributed by atoms with Crippen molar-refractivity contribution in [3.8, 4) is 11.5 Å². The standard InChI is InChI=1S/C29H45NO11/c1-10-11-14-36-26(33)41-29(25(31)32,30-19(6)7)16-22-12-13-23(39-27(34)37-20(8)17(2)3)24(15-22)40-28(35)38-21(9)18(4)5/h12-13,15,17-21,30H,10-11,14,16H2,1-9H3,(H,31,32)/t20?,21?,29-/m0/s1. The van der Waals surface area contributed by atoms with E-state index in [1.807, 2.05) is 34.6 Å². The molecule has 0 aliphatic rings. The van der Waals surface area contributed by atoms with Gasteiger partial charge in [-0.05, 0) is 63.6 Å². The molecule has 0 heterocycles. The lowest BCUT2D eigenvalue weighted by Gasteiger charge is -2.31. The normalized spacial score (nSPS) is 14.1. The number of carbonyl (C=O) groups excluding carboxylic acids is 3. The Morgan fingerprint density at radius 3 is 1.83 bits per heavy atom.